The average Bonchev–Trinajstić information content (AvgIpc) is 3.00. The van der Waals surface area contributed by atoms with Crippen LogP contribution in [0.1, 0.15) is 22.3 Å². The molecule has 0 aromatic heterocycles. The predicted molar refractivity (Wildman–Crippen MR) is 179 cm³/mol. The lowest BCUT2D eigenvalue weighted by atomic mass is 10.2. The van der Waals surface area contributed by atoms with Crippen LogP contribution in [0.25, 0.3) is 0 Å². The number of rotatable bonds is 15. The van der Waals surface area contributed by atoms with Gasteiger partial charge in [0.15, 0.2) is 0 Å². The molecule has 0 bridgehead atoms. The Labute approximate surface area is 282 Å². The number of alkyl halides is 2. The van der Waals surface area contributed by atoms with Gasteiger partial charge in [0, 0.05) is 47.3 Å². The van der Waals surface area contributed by atoms with Crippen molar-refractivity contribution < 1.29 is 32.2 Å². The highest BCUT2D eigenvalue weighted by Gasteiger charge is 2.41. The van der Waals surface area contributed by atoms with Gasteiger partial charge in [0.2, 0.25) is 0 Å². The molecule has 0 heterocycles. The zero-order valence-corrected chi connectivity index (χ0v) is 28.7. The van der Waals surface area contributed by atoms with Crippen molar-refractivity contribution in [3.05, 3.63) is 136 Å². The maximum atomic E-state index is 14.0. The molecule has 4 aromatic rings. The molecule has 4 aromatic carbocycles. The minimum Gasteiger partial charge on any atom is -0.411 e. The molecule has 45 heavy (non-hydrogen) atoms. The highest BCUT2D eigenvalue weighted by molar-refractivity contribution is 9.11. The van der Waals surface area contributed by atoms with Crippen LogP contribution in [0.15, 0.2) is 93.9 Å². The van der Waals surface area contributed by atoms with Gasteiger partial charge in [-0.3, -0.25) is 20.2 Å². The number of halogens is 4. The van der Waals surface area contributed by atoms with Crippen LogP contribution in [0.4, 0.5) is 20.2 Å². The van der Waals surface area contributed by atoms with E-state index in [4.69, 9.17) is 9.05 Å². The molecule has 0 spiro atoms. The summed E-state index contributed by atoms with van der Waals surface area (Å²) in [7, 11) is -4.96. The SMILES string of the molecule is O=[N+]([O-])c1ccc(CSCc2ccc(OP(=O)(Oc3ccc(CSCc4ccc([N+](=O)[O-])cc4)cc3Br)C(F)F)c(Br)c2)cc1. The Morgan fingerprint density at radius 3 is 1.29 bits per heavy atom. The maximum absolute atomic E-state index is 14.0. The molecule has 0 N–H and O–H groups in total. The molecular formula is C29H23Br2F2N2O7PS2. The number of non-ortho nitro benzene ring substituents is 2. The van der Waals surface area contributed by atoms with Gasteiger partial charge in [-0.15, -0.1) is 0 Å². The first kappa shape index (κ1) is 34.9. The van der Waals surface area contributed by atoms with E-state index in [-0.39, 0.29) is 22.9 Å². The maximum Gasteiger partial charge on any atom is 0.497 e. The fourth-order valence-electron chi connectivity index (χ4n) is 3.79. The van der Waals surface area contributed by atoms with Crippen LogP contribution in [0.2, 0.25) is 0 Å². The van der Waals surface area contributed by atoms with Crippen molar-refractivity contribution >= 4 is 74.4 Å². The van der Waals surface area contributed by atoms with E-state index in [0.29, 0.717) is 32.0 Å². The number of hydrogen-bond acceptors (Lipinski definition) is 9. The van der Waals surface area contributed by atoms with Crippen LogP contribution < -0.4 is 9.05 Å². The normalized spacial score (nSPS) is 11.4. The van der Waals surface area contributed by atoms with Crippen molar-refractivity contribution in [2.24, 2.45) is 0 Å². The number of benzene rings is 4. The predicted octanol–water partition coefficient (Wildman–Crippen LogP) is 10.8. The molecule has 0 fully saturated rings. The summed E-state index contributed by atoms with van der Waals surface area (Å²) < 4.78 is 52.5. The monoisotopic (exact) mass is 802 g/mol. The van der Waals surface area contributed by atoms with Crippen LogP contribution in [-0.4, -0.2) is 16.0 Å². The summed E-state index contributed by atoms with van der Waals surface area (Å²) in [5, 5.41) is 21.6. The summed E-state index contributed by atoms with van der Waals surface area (Å²) >= 11 is 9.72. The molecule has 0 atom stereocenters. The summed E-state index contributed by atoms with van der Waals surface area (Å²) in [6.45, 7) is 0. The second-order valence-corrected chi connectivity index (χ2v) is 14.9. The van der Waals surface area contributed by atoms with E-state index in [9.17, 15) is 33.6 Å². The van der Waals surface area contributed by atoms with Crippen LogP contribution in [0.3, 0.4) is 0 Å². The number of nitro benzene ring substituents is 2. The van der Waals surface area contributed by atoms with E-state index in [0.717, 1.165) is 22.3 Å². The van der Waals surface area contributed by atoms with E-state index in [1.165, 1.54) is 36.4 Å². The van der Waals surface area contributed by atoms with E-state index in [2.05, 4.69) is 31.9 Å². The summed E-state index contributed by atoms with van der Waals surface area (Å²) in [4.78, 5) is 20.7. The van der Waals surface area contributed by atoms with Gasteiger partial charge in [-0.1, -0.05) is 36.4 Å². The summed E-state index contributed by atoms with van der Waals surface area (Å²) in [5.74, 6) is 2.19. The van der Waals surface area contributed by atoms with Gasteiger partial charge in [0.25, 0.3) is 11.4 Å². The van der Waals surface area contributed by atoms with E-state index in [1.54, 1.807) is 72.1 Å². The Balaban J connectivity index is 1.33. The molecule has 4 rings (SSSR count). The summed E-state index contributed by atoms with van der Waals surface area (Å²) in [6.07, 6.45) is -3.43. The van der Waals surface area contributed by atoms with Crippen molar-refractivity contribution in [1.82, 2.24) is 0 Å². The highest BCUT2D eigenvalue weighted by atomic mass is 79.9. The van der Waals surface area contributed by atoms with Crippen molar-refractivity contribution in [3.8, 4) is 11.5 Å². The van der Waals surface area contributed by atoms with Gasteiger partial charge < -0.3 is 9.05 Å². The molecular weight excluding hydrogens is 781 g/mol. The van der Waals surface area contributed by atoms with Crippen molar-refractivity contribution in [2.45, 2.75) is 29.2 Å². The lowest BCUT2D eigenvalue weighted by molar-refractivity contribution is -0.385. The van der Waals surface area contributed by atoms with Crippen LogP contribution >= 0.6 is 63.0 Å². The summed E-state index contributed by atoms with van der Waals surface area (Å²) in [5.41, 5.74) is 3.56. The lowest BCUT2D eigenvalue weighted by Crippen LogP contribution is -2.09. The first-order valence-electron chi connectivity index (χ1n) is 12.9. The van der Waals surface area contributed by atoms with Gasteiger partial charge in [0.05, 0.1) is 18.8 Å². The number of hydrogen-bond donors (Lipinski definition) is 0. The first-order chi connectivity index (χ1) is 21.4. The quantitative estimate of drug-likeness (QED) is 0.0656. The molecule has 236 valence electrons. The molecule has 0 aliphatic heterocycles. The van der Waals surface area contributed by atoms with Crippen molar-refractivity contribution in [2.75, 3.05) is 0 Å². The zero-order valence-electron chi connectivity index (χ0n) is 23.0. The highest BCUT2D eigenvalue weighted by Crippen LogP contribution is 2.56. The third-order valence-electron chi connectivity index (χ3n) is 6.05. The zero-order chi connectivity index (χ0) is 32.6. The molecule has 0 aliphatic rings. The number of nitro groups is 2. The van der Waals surface area contributed by atoms with Gasteiger partial charge in [-0.25, -0.2) is 4.57 Å². The standard InChI is InChI=1S/C29H23Br2F2N2O7PS2/c30-25-13-21(17-44-15-19-1-7-23(8-2-19)34(36)37)5-11-27(25)41-43(40,29(32)33)42-28-12-6-22(14-26(28)31)18-45-16-20-3-9-24(10-4-20)35(38)39/h1-14,29H,15-18H2. The Hall–Kier alpha value is -2.97. The smallest absolute Gasteiger partial charge is 0.411 e. The molecule has 0 amide bonds. The Kier molecular flexibility index (Phi) is 12.4. The molecule has 0 aliphatic carbocycles. The molecule has 9 nitrogen and oxygen atoms in total. The topological polar surface area (TPSA) is 122 Å². The van der Waals surface area contributed by atoms with Crippen LogP contribution in [0.5, 0.6) is 11.5 Å². The van der Waals surface area contributed by atoms with E-state index in [1.807, 2.05) is 0 Å². The second kappa shape index (κ2) is 16.0. The molecule has 0 saturated carbocycles. The fraction of sp³-hybridized carbons (Fsp3) is 0.172. The lowest BCUT2D eigenvalue weighted by Gasteiger charge is -2.21. The molecule has 16 heteroatoms. The van der Waals surface area contributed by atoms with Crippen molar-refractivity contribution in [3.63, 3.8) is 0 Å². The summed E-state index contributed by atoms with van der Waals surface area (Å²) in [6, 6.07) is 22.1. The van der Waals surface area contributed by atoms with E-state index >= 15 is 0 Å². The van der Waals surface area contributed by atoms with Gasteiger partial charge >= 0.3 is 13.8 Å². The molecule has 0 unspecified atom stereocenters. The largest absolute Gasteiger partial charge is 0.497 e. The van der Waals surface area contributed by atoms with Gasteiger partial charge in [0.1, 0.15) is 11.5 Å². The Bertz CT molecular complexity index is 1600. The van der Waals surface area contributed by atoms with E-state index < -0.39 is 23.6 Å². The minimum absolute atomic E-state index is 0.0191. The first-order valence-corrected chi connectivity index (χ1v) is 18.4. The molecule has 0 saturated heterocycles. The Morgan fingerprint density at radius 2 is 0.978 bits per heavy atom. The third kappa shape index (κ3) is 10.0. The minimum atomic E-state index is -4.96. The second-order valence-electron chi connectivity index (χ2n) is 9.36. The van der Waals surface area contributed by atoms with Crippen molar-refractivity contribution in [1.29, 1.82) is 0 Å². The van der Waals surface area contributed by atoms with Gasteiger partial charge in [-0.05, 0) is 78.4 Å². The van der Waals surface area contributed by atoms with Crippen LogP contribution in [-0.2, 0) is 27.6 Å². The number of thioether (sulfide) groups is 2. The molecule has 0 radical (unpaired) electrons. The fourth-order valence-corrected chi connectivity index (χ4v) is 8.01. The average molecular weight is 804 g/mol. The third-order valence-corrected chi connectivity index (χ3v) is 10.8. The Morgan fingerprint density at radius 1 is 0.644 bits per heavy atom. The number of nitrogens with zero attached hydrogens (tertiary/aromatic N) is 2. The van der Waals surface area contributed by atoms with Crippen LogP contribution in [0, 0.1) is 20.2 Å². The van der Waals surface area contributed by atoms with Gasteiger partial charge in [-0.2, -0.15) is 32.3 Å².